The summed E-state index contributed by atoms with van der Waals surface area (Å²) in [5.41, 5.74) is 0.740. The molecule has 0 saturated carbocycles. The quantitative estimate of drug-likeness (QED) is 0.619. The van der Waals surface area contributed by atoms with Crippen molar-refractivity contribution in [3.8, 4) is 5.75 Å². The maximum absolute atomic E-state index is 11.8. The minimum atomic E-state index is -0.0139. The fourth-order valence-electron chi connectivity index (χ4n) is 1.66. The number of nitrogens with one attached hydrogen (secondary N) is 1. The molecule has 0 fully saturated rings. The summed E-state index contributed by atoms with van der Waals surface area (Å²) in [5, 5.41) is 14.8. The number of methoxy groups -OCH3 is 1. The summed E-state index contributed by atoms with van der Waals surface area (Å²) in [6.07, 6.45) is 1.21. The fourth-order valence-corrected chi connectivity index (χ4v) is 2.45. The molecule has 1 aromatic carbocycles. The molecule has 0 atom stereocenters. The van der Waals surface area contributed by atoms with Crippen molar-refractivity contribution in [1.29, 1.82) is 0 Å². The van der Waals surface area contributed by atoms with E-state index in [0.29, 0.717) is 6.42 Å². The zero-order chi connectivity index (χ0) is 15.1. The summed E-state index contributed by atoms with van der Waals surface area (Å²) < 4.78 is 6.72. The van der Waals surface area contributed by atoms with Gasteiger partial charge in [-0.1, -0.05) is 17.8 Å². The number of nitrogens with zero attached hydrogens (tertiary/aromatic N) is 4. The average molecular weight is 307 g/mol. The number of rotatable bonds is 7. The number of hydrogen-bond donors (Lipinski definition) is 1. The Labute approximate surface area is 127 Å². The maximum Gasteiger partial charge on any atom is 0.224 e. The van der Waals surface area contributed by atoms with E-state index in [2.05, 4.69) is 20.8 Å². The van der Waals surface area contributed by atoms with Gasteiger partial charge >= 0.3 is 0 Å². The van der Waals surface area contributed by atoms with E-state index in [1.165, 1.54) is 11.8 Å². The number of ether oxygens (including phenoxy) is 1. The normalized spacial score (nSPS) is 10.4. The van der Waals surface area contributed by atoms with Crippen LogP contribution >= 0.6 is 11.8 Å². The Morgan fingerprint density at radius 1 is 1.48 bits per heavy atom. The molecule has 0 aliphatic rings. The van der Waals surface area contributed by atoms with Crippen LogP contribution < -0.4 is 10.1 Å². The van der Waals surface area contributed by atoms with E-state index in [0.717, 1.165) is 28.8 Å². The number of carbonyl (C=O) groups excluding carboxylic acids is 1. The van der Waals surface area contributed by atoms with E-state index >= 15 is 0 Å². The number of amides is 1. The number of benzene rings is 1. The second-order valence-corrected chi connectivity index (χ2v) is 5.38. The molecule has 1 amide bonds. The molecule has 1 aromatic heterocycles. The van der Waals surface area contributed by atoms with Crippen molar-refractivity contribution in [2.24, 2.45) is 7.05 Å². The van der Waals surface area contributed by atoms with Gasteiger partial charge in [0.25, 0.3) is 0 Å². The second kappa shape index (κ2) is 7.63. The van der Waals surface area contributed by atoms with E-state index in [1.54, 1.807) is 24.9 Å². The fraction of sp³-hybridized carbons (Fsp3) is 0.385. The molecule has 1 N–H and O–H groups in total. The number of aromatic nitrogens is 4. The largest absolute Gasteiger partial charge is 0.497 e. The van der Waals surface area contributed by atoms with Gasteiger partial charge in [-0.25, -0.2) is 4.68 Å². The molecule has 2 aromatic rings. The molecule has 7 nitrogen and oxygen atoms in total. The number of tetrazole rings is 1. The Balaban J connectivity index is 1.71. The predicted molar refractivity (Wildman–Crippen MR) is 80.4 cm³/mol. The lowest BCUT2D eigenvalue weighted by Gasteiger charge is -2.06. The summed E-state index contributed by atoms with van der Waals surface area (Å²) in [4.78, 5) is 11.8. The number of carbonyl (C=O) groups is 1. The minimum Gasteiger partial charge on any atom is -0.497 e. The third kappa shape index (κ3) is 4.75. The van der Waals surface area contributed by atoms with E-state index < -0.39 is 0 Å². The molecular weight excluding hydrogens is 290 g/mol. The third-order valence-corrected chi connectivity index (χ3v) is 3.81. The Bertz CT molecular complexity index is 602. The number of anilines is 1. The smallest absolute Gasteiger partial charge is 0.224 e. The van der Waals surface area contributed by atoms with Crippen molar-refractivity contribution in [2.45, 2.75) is 18.0 Å². The van der Waals surface area contributed by atoms with Crippen LogP contribution in [0.1, 0.15) is 12.8 Å². The first-order valence-corrected chi connectivity index (χ1v) is 7.46. The summed E-state index contributed by atoms with van der Waals surface area (Å²) in [5.74, 6) is 1.50. The van der Waals surface area contributed by atoms with Crippen molar-refractivity contribution in [2.75, 3.05) is 18.2 Å². The van der Waals surface area contributed by atoms with Crippen LogP contribution in [0.4, 0.5) is 5.69 Å². The monoisotopic (exact) mass is 307 g/mol. The lowest BCUT2D eigenvalue weighted by Crippen LogP contribution is -2.11. The minimum absolute atomic E-state index is 0.0139. The van der Waals surface area contributed by atoms with Crippen LogP contribution in [0.3, 0.4) is 0 Å². The van der Waals surface area contributed by atoms with Gasteiger partial charge < -0.3 is 10.1 Å². The van der Waals surface area contributed by atoms with Gasteiger partial charge in [0.2, 0.25) is 11.1 Å². The lowest BCUT2D eigenvalue weighted by atomic mass is 10.2. The Morgan fingerprint density at radius 2 is 2.33 bits per heavy atom. The van der Waals surface area contributed by atoms with Crippen LogP contribution in [0, 0.1) is 0 Å². The van der Waals surface area contributed by atoms with Crippen molar-refractivity contribution in [3.63, 3.8) is 0 Å². The van der Waals surface area contributed by atoms with E-state index in [-0.39, 0.29) is 5.91 Å². The van der Waals surface area contributed by atoms with Crippen LogP contribution in [-0.2, 0) is 11.8 Å². The maximum atomic E-state index is 11.8. The molecule has 112 valence electrons. The van der Waals surface area contributed by atoms with Gasteiger partial charge in [0.1, 0.15) is 5.75 Å². The van der Waals surface area contributed by atoms with Crippen LogP contribution in [0.5, 0.6) is 5.75 Å². The summed E-state index contributed by atoms with van der Waals surface area (Å²) in [7, 11) is 3.39. The van der Waals surface area contributed by atoms with Gasteiger partial charge in [-0.15, -0.1) is 5.10 Å². The lowest BCUT2D eigenvalue weighted by molar-refractivity contribution is -0.116. The molecule has 0 spiro atoms. The Hall–Kier alpha value is -2.09. The van der Waals surface area contributed by atoms with Gasteiger partial charge in [-0.2, -0.15) is 0 Å². The molecular formula is C13H17N5O2S. The first-order valence-electron chi connectivity index (χ1n) is 6.48. The molecule has 2 rings (SSSR count). The zero-order valence-corrected chi connectivity index (χ0v) is 12.8. The molecule has 0 aliphatic heterocycles. The first kappa shape index (κ1) is 15.3. The highest BCUT2D eigenvalue weighted by atomic mass is 32.2. The Kier molecular flexibility index (Phi) is 5.56. The van der Waals surface area contributed by atoms with Gasteiger partial charge in [-0.3, -0.25) is 4.79 Å². The highest BCUT2D eigenvalue weighted by molar-refractivity contribution is 7.99. The molecule has 0 bridgehead atoms. The highest BCUT2D eigenvalue weighted by Gasteiger charge is 2.06. The molecule has 0 unspecified atom stereocenters. The summed E-state index contributed by atoms with van der Waals surface area (Å²) in [6, 6.07) is 7.30. The summed E-state index contributed by atoms with van der Waals surface area (Å²) in [6.45, 7) is 0. The van der Waals surface area contributed by atoms with Gasteiger partial charge in [-0.05, 0) is 29.0 Å². The van der Waals surface area contributed by atoms with Gasteiger partial charge in [0, 0.05) is 31.0 Å². The van der Waals surface area contributed by atoms with E-state index in [1.807, 2.05) is 18.2 Å². The number of thioether (sulfide) groups is 1. The van der Waals surface area contributed by atoms with Crippen LogP contribution in [0.15, 0.2) is 29.4 Å². The zero-order valence-electron chi connectivity index (χ0n) is 11.9. The van der Waals surface area contributed by atoms with Crippen molar-refractivity contribution < 1.29 is 9.53 Å². The van der Waals surface area contributed by atoms with Crippen molar-refractivity contribution in [1.82, 2.24) is 20.2 Å². The molecule has 8 heteroatoms. The molecule has 21 heavy (non-hydrogen) atoms. The molecule has 0 radical (unpaired) electrons. The van der Waals surface area contributed by atoms with Crippen LogP contribution in [0.2, 0.25) is 0 Å². The van der Waals surface area contributed by atoms with Crippen LogP contribution in [0.25, 0.3) is 0 Å². The number of hydrogen-bond acceptors (Lipinski definition) is 6. The average Bonchev–Trinajstić information content (AvgIpc) is 2.89. The first-order chi connectivity index (χ1) is 10.2. The molecule has 0 saturated heterocycles. The SMILES string of the molecule is COc1cccc(NC(=O)CCCSc2nnnn2C)c1. The van der Waals surface area contributed by atoms with E-state index in [9.17, 15) is 4.79 Å². The van der Waals surface area contributed by atoms with Gasteiger partial charge in [0.15, 0.2) is 0 Å². The van der Waals surface area contributed by atoms with Crippen molar-refractivity contribution in [3.05, 3.63) is 24.3 Å². The van der Waals surface area contributed by atoms with Gasteiger partial charge in [0.05, 0.1) is 7.11 Å². The van der Waals surface area contributed by atoms with E-state index in [4.69, 9.17) is 4.74 Å². The third-order valence-electron chi connectivity index (χ3n) is 2.71. The number of aryl methyl sites for hydroxylation is 1. The van der Waals surface area contributed by atoms with Crippen molar-refractivity contribution >= 4 is 23.4 Å². The molecule has 0 aliphatic carbocycles. The van der Waals surface area contributed by atoms with Crippen LogP contribution in [-0.4, -0.2) is 39.0 Å². The Morgan fingerprint density at radius 3 is 3.05 bits per heavy atom. The predicted octanol–water partition coefficient (Wildman–Crippen LogP) is 1.73. The topological polar surface area (TPSA) is 81.9 Å². The highest BCUT2D eigenvalue weighted by Crippen LogP contribution is 2.18. The summed E-state index contributed by atoms with van der Waals surface area (Å²) >= 11 is 1.53. The standard InChI is InChI=1S/C13H17N5O2S/c1-18-13(15-16-17-18)21-8-4-7-12(19)14-10-5-3-6-11(9-10)20-2/h3,5-6,9H,4,7-8H2,1-2H3,(H,14,19). The molecule has 1 heterocycles. The second-order valence-electron chi connectivity index (χ2n) is 4.32.